The summed E-state index contributed by atoms with van der Waals surface area (Å²) in [6, 6.07) is 0.534. The molecule has 2 rings (SSSR count). The maximum absolute atomic E-state index is 12.5. The van der Waals surface area contributed by atoms with Gasteiger partial charge in [0.25, 0.3) is 0 Å². The molecule has 19 heavy (non-hydrogen) atoms. The molecule has 2 aliphatic rings. The first-order valence-electron chi connectivity index (χ1n) is 7.26. The first-order valence-corrected chi connectivity index (χ1v) is 7.67. The number of amides is 1. The van der Waals surface area contributed by atoms with Crippen molar-refractivity contribution in [2.24, 2.45) is 11.1 Å². The summed E-state index contributed by atoms with van der Waals surface area (Å²) in [6.45, 7) is 7.70. The zero-order valence-electron chi connectivity index (χ0n) is 12.0. The van der Waals surface area contributed by atoms with Gasteiger partial charge in [0.15, 0.2) is 0 Å². The van der Waals surface area contributed by atoms with Crippen LogP contribution in [0.25, 0.3) is 0 Å². The Morgan fingerprint density at radius 3 is 2.42 bits per heavy atom. The smallest absolute Gasteiger partial charge is 0.235 e. The van der Waals surface area contributed by atoms with Gasteiger partial charge >= 0.3 is 0 Å². The van der Waals surface area contributed by atoms with E-state index in [0.717, 1.165) is 19.5 Å². The van der Waals surface area contributed by atoms with Crippen LogP contribution in [0.15, 0.2) is 0 Å². The van der Waals surface area contributed by atoms with E-state index in [-0.39, 0.29) is 5.91 Å². The summed E-state index contributed by atoms with van der Waals surface area (Å²) in [5.74, 6) is 0.0829. The number of piperidine rings is 1. The summed E-state index contributed by atoms with van der Waals surface area (Å²) >= 11 is 5.02. The van der Waals surface area contributed by atoms with Crippen LogP contribution in [0.1, 0.15) is 39.5 Å². The SMILES string of the molecule is CC(C)(C(=O)N1CCC(N2CCCCC2)C1)C(N)=S. The molecule has 2 N–H and O–H groups in total. The number of nitrogens with zero attached hydrogens (tertiary/aromatic N) is 2. The summed E-state index contributed by atoms with van der Waals surface area (Å²) < 4.78 is 0. The van der Waals surface area contributed by atoms with Gasteiger partial charge in [-0.05, 0) is 46.2 Å². The van der Waals surface area contributed by atoms with Gasteiger partial charge in [0, 0.05) is 19.1 Å². The molecule has 2 saturated heterocycles. The molecule has 108 valence electrons. The lowest BCUT2D eigenvalue weighted by Crippen LogP contribution is -2.48. The fraction of sp³-hybridized carbons (Fsp3) is 0.857. The fourth-order valence-electron chi connectivity index (χ4n) is 3.01. The van der Waals surface area contributed by atoms with Crippen LogP contribution in [0.5, 0.6) is 0 Å². The van der Waals surface area contributed by atoms with Gasteiger partial charge in [-0.25, -0.2) is 0 Å². The van der Waals surface area contributed by atoms with Gasteiger partial charge in [-0.3, -0.25) is 9.69 Å². The number of nitrogens with two attached hydrogens (primary N) is 1. The Bertz CT molecular complexity index is 364. The number of thiocarbonyl (C=S) groups is 1. The van der Waals surface area contributed by atoms with E-state index in [1.165, 1.54) is 32.4 Å². The molecule has 0 aromatic carbocycles. The van der Waals surface area contributed by atoms with E-state index in [0.29, 0.717) is 11.0 Å². The molecular formula is C14H25N3OS. The van der Waals surface area contributed by atoms with Gasteiger partial charge in [-0.15, -0.1) is 0 Å². The second-order valence-electron chi connectivity index (χ2n) is 6.28. The zero-order chi connectivity index (χ0) is 14.0. The minimum atomic E-state index is -0.716. The second-order valence-corrected chi connectivity index (χ2v) is 6.72. The first-order chi connectivity index (χ1) is 8.93. The van der Waals surface area contributed by atoms with Gasteiger partial charge in [0.2, 0.25) is 5.91 Å². The van der Waals surface area contributed by atoms with Gasteiger partial charge < -0.3 is 10.6 Å². The van der Waals surface area contributed by atoms with E-state index in [4.69, 9.17) is 18.0 Å². The fourth-order valence-corrected chi connectivity index (χ4v) is 3.10. The molecule has 0 spiro atoms. The average molecular weight is 283 g/mol. The van der Waals surface area contributed by atoms with Crippen LogP contribution in [-0.4, -0.2) is 52.9 Å². The normalized spacial score (nSPS) is 25.6. The second kappa shape index (κ2) is 5.75. The molecule has 0 bridgehead atoms. The van der Waals surface area contributed by atoms with Crippen LogP contribution in [0.4, 0.5) is 0 Å². The van der Waals surface area contributed by atoms with Crippen molar-refractivity contribution < 1.29 is 4.79 Å². The highest BCUT2D eigenvalue weighted by molar-refractivity contribution is 7.80. The lowest BCUT2D eigenvalue weighted by molar-refractivity contribution is -0.136. The Kier molecular flexibility index (Phi) is 4.46. The average Bonchev–Trinajstić information content (AvgIpc) is 2.88. The summed E-state index contributed by atoms with van der Waals surface area (Å²) in [6.07, 6.45) is 5.02. The van der Waals surface area contributed by atoms with E-state index >= 15 is 0 Å². The van der Waals surface area contributed by atoms with Crippen LogP contribution in [0.2, 0.25) is 0 Å². The molecule has 2 heterocycles. The van der Waals surface area contributed by atoms with Crippen molar-refractivity contribution in [3.05, 3.63) is 0 Å². The van der Waals surface area contributed by atoms with Gasteiger partial charge in [-0.1, -0.05) is 18.6 Å². The van der Waals surface area contributed by atoms with Crippen molar-refractivity contribution in [2.45, 2.75) is 45.6 Å². The number of hydrogen-bond donors (Lipinski definition) is 1. The number of carbonyl (C=O) groups excluding carboxylic acids is 1. The minimum absolute atomic E-state index is 0.0829. The topological polar surface area (TPSA) is 49.6 Å². The van der Waals surface area contributed by atoms with E-state index in [9.17, 15) is 4.79 Å². The predicted molar refractivity (Wildman–Crippen MR) is 81.0 cm³/mol. The molecule has 1 amide bonds. The Morgan fingerprint density at radius 1 is 1.21 bits per heavy atom. The monoisotopic (exact) mass is 283 g/mol. The third-order valence-corrected chi connectivity index (χ3v) is 5.02. The molecule has 0 radical (unpaired) electrons. The summed E-state index contributed by atoms with van der Waals surface area (Å²) in [4.78, 5) is 17.3. The van der Waals surface area contributed by atoms with Gasteiger partial charge in [0.05, 0.1) is 10.4 Å². The molecule has 0 aliphatic carbocycles. The van der Waals surface area contributed by atoms with Crippen molar-refractivity contribution in [1.29, 1.82) is 0 Å². The zero-order valence-corrected chi connectivity index (χ0v) is 12.8. The number of hydrogen-bond acceptors (Lipinski definition) is 3. The van der Waals surface area contributed by atoms with Crippen LogP contribution in [0, 0.1) is 5.41 Å². The maximum Gasteiger partial charge on any atom is 0.235 e. The summed E-state index contributed by atoms with van der Waals surface area (Å²) in [7, 11) is 0. The van der Waals surface area contributed by atoms with Crippen LogP contribution >= 0.6 is 12.2 Å². The van der Waals surface area contributed by atoms with E-state index in [1.54, 1.807) is 0 Å². The maximum atomic E-state index is 12.5. The van der Waals surface area contributed by atoms with Crippen molar-refractivity contribution in [3.63, 3.8) is 0 Å². The predicted octanol–water partition coefficient (Wildman–Crippen LogP) is 1.39. The highest BCUT2D eigenvalue weighted by Gasteiger charge is 2.39. The van der Waals surface area contributed by atoms with E-state index < -0.39 is 5.41 Å². The van der Waals surface area contributed by atoms with Crippen molar-refractivity contribution in [1.82, 2.24) is 9.80 Å². The quantitative estimate of drug-likeness (QED) is 0.795. The highest BCUT2D eigenvalue weighted by Crippen LogP contribution is 2.25. The standard InChI is InChI=1S/C14H25N3OS/c1-14(2,12(15)19)13(18)17-9-6-11(10-17)16-7-4-3-5-8-16/h11H,3-10H2,1-2H3,(H2,15,19). The van der Waals surface area contributed by atoms with Crippen molar-refractivity contribution in [3.8, 4) is 0 Å². The number of carbonyl (C=O) groups is 1. The molecule has 2 fully saturated rings. The van der Waals surface area contributed by atoms with Crippen molar-refractivity contribution >= 4 is 23.1 Å². The number of rotatable bonds is 3. The van der Waals surface area contributed by atoms with Crippen LogP contribution in [-0.2, 0) is 4.79 Å². The minimum Gasteiger partial charge on any atom is -0.392 e. The molecule has 2 aliphatic heterocycles. The Labute approximate surface area is 121 Å². The van der Waals surface area contributed by atoms with Gasteiger partial charge in [0.1, 0.15) is 0 Å². The molecule has 5 heteroatoms. The Balaban J connectivity index is 1.94. The largest absolute Gasteiger partial charge is 0.392 e. The lowest BCUT2D eigenvalue weighted by atomic mass is 9.92. The molecule has 0 aromatic heterocycles. The lowest BCUT2D eigenvalue weighted by Gasteiger charge is -2.33. The molecule has 4 nitrogen and oxygen atoms in total. The molecular weight excluding hydrogens is 258 g/mol. The molecule has 0 saturated carbocycles. The van der Waals surface area contributed by atoms with Crippen LogP contribution < -0.4 is 5.73 Å². The van der Waals surface area contributed by atoms with E-state index in [1.807, 2.05) is 18.7 Å². The summed E-state index contributed by atoms with van der Waals surface area (Å²) in [5.41, 5.74) is 4.97. The summed E-state index contributed by atoms with van der Waals surface area (Å²) in [5, 5.41) is 0. The van der Waals surface area contributed by atoms with Crippen molar-refractivity contribution in [2.75, 3.05) is 26.2 Å². The molecule has 0 aromatic rings. The molecule has 1 unspecified atom stereocenters. The third-order valence-electron chi connectivity index (χ3n) is 4.51. The first kappa shape index (κ1) is 14.7. The third kappa shape index (κ3) is 3.08. The number of likely N-dealkylation sites (tertiary alicyclic amines) is 2. The highest BCUT2D eigenvalue weighted by atomic mass is 32.1. The van der Waals surface area contributed by atoms with Gasteiger partial charge in [-0.2, -0.15) is 0 Å². The Hall–Kier alpha value is -0.680. The van der Waals surface area contributed by atoms with Crippen LogP contribution in [0.3, 0.4) is 0 Å². The Morgan fingerprint density at radius 2 is 1.84 bits per heavy atom. The van der Waals surface area contributed by atoms with E-state index in [2.05, 4.69) is 4.90 Å². The molecule has 1 atom stereocenters.